The van der Waals surface area contributed by atoms with Crippen molar-refractivity contribution in [2.24, 2.45) is 23.7 Å². The lowest BCUT2D eigenvalue weighted by Gasteiger charge is -2.39. The van der Waals surface area contributed by atoms with Gasteiger partial charge in [-0.1, -0.05) is 23.8 Å². The highest BCUT2D eigenvalue weighted by Gasteiger charge is 2.39. The minimum Gasteiger partial charge on any atom is -0.512 e. The van der Waals surface area contributed by atoms with Crippen molar-refractivity contribution in [3.8, 4) is 0 Å². The van der Waals surface area contributed by atoms with Gasteiger partial charge < -0.3 is 14.9 Å². The van der Waals surface area contributed by atoms with Crippen molar-refractivity contribution in [3.05, 3.63) is 47.5 Å². The maximum atomic E-state index is 11.7. The zero-order valence-electron chi connectivity index (χ0n) is 14.1. The van der Waals surface area contributed by atoms with Gasteiger partial charge in [0.25, 0.3) is 0 Å². The Hall–Kier alpha value is -1.97. The largest absolute Gasteiger partial charge is 0.512 e. The minimum absolute atomic E-state index is 0.00367. The molecule has 0 amide bonds. The molecule has 2 N–H and O–H groups in total. The quantitative estimate of drug-likeness (QED) is 0.601. The Morgan fingerprint density at radius 1 is 1.39 bits per heavy atom. The molecule has 0 spiro atoms. The summed E-state index contributed by atoms with van der Waals surface area (Å²) in [6, 6.07) is 0. The van der Waals surface area contributed by atoms with Crippen molar-refractivity contribution in [1.29, 1.82) is 0 Å². The Labute approximate surface area is 137 Å². The van der Waals surface area contributed by atoms with Crippen LogP contribution in [0.1, 0.15) is 33.1 Å². The van der Waals surface area contributed by atoms with Gasteiger partial charge >= 0.3 is 5.97 Å². The average Bonchev–Trinajstić information content (AvgIpc) is 2.46. The second kappa shape index (κ2) is 7.07. The normalized spacial score (nSPS) is 30.8. The summed E-state index contributed by atoms with van der Waals surface area (Å²) in [7, 11) is 1.35. The van der Waals surface area contributed by atoms with Crippen LogP contribution in [0.25, 0.3) is 0 Å². The molecule has 0 fully saturated rings. The third-order valence-electron chi connectivity index (χ3n) is 4.95. The molecule has 0 saturated heterocycles. The van der Waals surface area contributed by atoms with Crippen LogP contribution in [0.2, 0.25) is 0 Å². The van der Waals surface area contributed by atoms with Crippen LogP contribution in [-0.4, -0.2) is 23.3 Å². The van der Waals surface area contributed by atoms with Gasteiger partial charge in [-0.05, 0) is 44.6 Å². The zero-order valence-corrected chi connectivity index (χ0v) is 14.1. The first-order valence-electron chi connectivity index (χ1n) is 8.04. The standard InChI is InChI=1S/C19H26O4/c1-11(2)15-6-5-12(3)7-16(15)19-13(9-18(22)23-4)8-14(20)10-17(19)21/h7-8,10,13,15-16,19-21H,1,5-6,9H2,2-4H3/t13?,15-,16+,19?/m0/s1. The molecule has 2 aliphatic rings. The summed E-state index contributed by atoms with van der Waals surface area (Å²) in [5.74, 6) is -0.438. The molecule has 0 saturated carbocycles. The van der Waals surface area contributed by atoms with E-state index >= 15 is 0 Å². The van der Waals surface area contributed by atoms with Crippen molar-refractivity contribution in [2.45, 2.75) is 33.1 Å². The van der Waals surface area contributed by atoms with Crippen molar-refractivity contribution in [1.82, 2.24) is 0 Å². The number of esters is 1. The first-order chi connectivity index (χ1) is 10.8. The van der Waals surface area contributed by atoms with E-state index < -0.39 is 0 Å². The van der Waals surface area contributed by atoms with E-state index in [4.69, 9.17) is 4.74 Å². The molecule has 2 aliphatic carbocycles. The van der Waals surface area contributed by atoms with Crippen LogP contribution in [0.3, 0.4) is 0 Å². The average molecular weight is 318 g/mol. The topological polar surface area (TPSA) is 66.8 Å². The fourth-order valence-electron chi connectivity index (χ4n) is 3.81. The van der Waals surface area contributed by atoms with Crippen LogP contribution in [0.4, 0.5) is 0 Å². The molecule has 0 aromatic carbocycles. The van der Waals surface area contributed by atoms with Crippen LogP contribution in [0, 0.1) is 23.7 Å². The maximum Gasteiger partial charge on any atom is 0.306 e. The molecular formula is C19H26O4. The summed E-state index contributed by atoms with van der Waals surface area (Å²) >= 11 is 0. The van der Waals surface area contributed by atoms with Crippen LogP contribution < -0.4 is 0 Å². The minimum atomic E-state index is -0.345. The molecule has 2 rings (SSSR count). The van der Waals surface area contributed by atoms with Crippen molar-refractivity contribution < 1.29 is 19.7 Å². The molecule has 0 bridgehead atoms. The number of carbonyl (C=O) groups excluding carboxylic acids is 1. The fourth-order valence-corrected chi connectivity index (χ4v) is 3.81. The number of aliphatic hydroxyl groups excluding tert-OH is 2. The molecule has 0 aromatic heterocycles. The Balaban J connectivity index is 2.38. The maximum absolute atomic E-state index is 11.7. The first-order valence-corrected chi connectivity index (χ1v) is 8.04. The fraction of sp³-hybridized carbons (Fsp3) is 0.526. The second-order valence-electron chi connectivity index (χ2n) is 6.71. The molecule has 0 heterocycles. The predicted octanol–water partition coefficient (Wildman–Crippen LogP) is 4.23. The Kier molecular flexibility index (Phi) is 5.34. The van der Waals surface area contributed by atoms with Gasteiger partial charge in [0, 0.05) is 17.9 Å². The first kappa shape index (κ1) is 17.4. The Bertz CT molecular complexity index is 582. The number of methoxy groups -OCH3 is 1. The zero-order chi connectivity index (χ0) is 17.1. The van der Waals surface area contributed by atoms with Crippen molar-refractivity contribution in [3.63, 3.8) is 0 Å². The number of ether oxygens (including phenoxy) is 1. The highest BCUT2D eigenvalue weighted by Crippen LogP contribution is 2.45. The van der Waals surface area contributed by atoms with E-state index in [-0.39, 0.29) is 47.6 Å². The molecule has 4 atom stereocenters. The second-order valence-corrected chi connectivity index (χ2v) is 6.71. The summed E-state index contributed by atoms with van der Waals surface area (Å²) in [6.07, 6.45) is 7.37. The third-order valence-corrected chi connectivity index (χ3v) is 4.95. The van der Waals surface area contributed by atoms with E-state index in [9.17, 15) is 15.0 Å². The van der Waals surface area contributed by atoms with Gasteiger partial charge in [-0.25, -0.2) is 0 Å². The summed E-state index contributed by atoms with van der Waals surface area (Å²) in [4.78, 5) is 11.7. The van der Waals surface area contributed by atoms with E-state index in [0.29, 0.717) is 0 Å². The molecule has 4 heteroatoms. The molecule has 4 nitrogen and oxygen atoms in total. The lowest BCUT2D eigenvalue weighted by atomic mass is 9.65. The van der Waals surface area contributed by atoms with Crippen molar-refractivity contribution >= 4 is 5.97 Å². The summed E-state index contributed by atoms with van der Waals surface area (Å²) in [5.41, 5.74) is 2.37. The van der Waals surface area contributed by atoms with Crippen LogP contribution in [0.15, 0.2) is 47.5 Å². The molecule has 2 unspecified atom stereocenters. The Morgan fingerprint density at radius 2 is 2.09 bits per heavy atom. The van der Waals surface area contributed by atoms with Gasteiger partial charge in [-0.3, -0.25) is 4.79 Å². The van der Waals surface area contributed by atoms with Gasteiger partial charge in [0.15, 0.2) is 0 Å². The molecule has 0 aromatic rings. The number of aliphatic hydroxyl groups is 2. The molecule has 126 valence electrons. The number of hydrogen-bond donors (Lipinski definition) is 2. The van der Waals surface area contributed by atoms with E-state index in [2.05, 4.69) is 19.6 Å². The highest BCUT2D eigenvalue weighted by molar-refractivity contribution is 5.70. The third kappa shape index (κ3) is 3.87. The lowest BCUT2D eigenvalue weighted by molar-refractivity contribution is -0.141. The summed E-state index contributed by atoms with van der Waals surface area (Å²) < 4.78 is 4.77. The summed E-state index contributed by atoms with van der Waals surface area (Å²) in [6.45, 7) is 8.21. The van der Waals surface area contributed by atoms with E-state index in [0.717, 1.165) is 18.4 Å². The smallest absolute Gasteiger partial charge is 0.306 e. The summed E-state index contributed by atoms with van der Waals surface area (Å²) in [5, 5.41) is 20.3. The van der Waals surface area contributed by atoms with Crippen LogP contribution in [-0.2, 0) is 9.53 Å². The van der Waals surface area contributed by atoms with Gasteiger partial charge in [0.2, 0.25) is 0 Å². The SMILES string of the molecule is C=C(C)[C@@H]1CCC(C)=C[C@H]1C1C(O)=CC(O)=CC1CC(=O)OC. The molecule has 0 aliphatic heterocycles. The molecular weight excluding hydrogens is 292 g/mol. The van der Waals surface area contributed by atoms with E-state index in [1.54, 1.807) is 6.08 Å². The van der Waals surface area contributed by atoms with Gasteiger partial charge in [0.05, 0.1) is 13.5 Å². The van der Waals surface area contributed by atoms with Crippen molar-refractivity contribution in [2.75, 3.05) is 7.11 Å². The lowest BCUT2D eigenvalue weighted by Crippen LogP contribution is -2.34. The highest BCUT2D eigenvalue weighted by atomic mass is 16.5. The van der Waals surface area contributed by atoms with E-state index in [1.807, 2.05) is 6.92 Å². The Morgan fingerprint density at radius 3 is 2.70 bits per heavy atom. The van der Waals surface area contributed by atoms with Gasteiger partial charge in [0.1, 0.15) is 11.5 Å². The molecule has 23 heavy (non-hydrogen) atoms. The van der Waals surface area contributed by atoms with Gasteiger partial charge in [-0.2, -0.15) is 0 Å². The van der Waals surface area contributed by atoms with Crippen LogP contribution in [0.5, 0.6) is 0 Å². The number of allylic oxidation sites excluding steroid dienone is 6. The van der Waals surface area contributed by atoms with Gasteiger partial charge in [-0.15, -0.1) is 0 Å². The van der Waals surface area contributed by atoms with Crippen LogP contribution >= 0.6 is 0 Å². The number of carbonyl (C=O) groups is 1. The monoisotopic (exact) mass is 318 g/mol. The number of hydrogen-bond acceptors (Lipinski definition) is 4. The number of rotatable bonds is 4. The predicted molar refractivity (Wildman–Crippen MR) is 89.8 cm³/mol. The van der Waals surface area contributed by atoms with E-state index in [1.165, 1.54) is 18.8 Å². The molecule has 0 radical (unpaired) electrons.